The zero-order chi connectivity index (χ0) is 13.0. The molecule has 0 radical (unpaired) electrons. The van der Waals surface area contributed by atoms with Gasteiger partial charge in [0.15, 0.2) is 0 Å². The van der Waals surface area contributed by atoms with Crippen LogP contribution < -0.4 is 0 Å². The van der Waals surface area contributed by atoms with Gasteiger partial charge in [-0.3, -0.25) is 0 Å². The summed E-state index contributed by atoms with van der Waals surface area (Å²) in [5.41, 5.74) is 0. The van der Waals surface area contributed by atoms with Gasteiger partial charge in [-0.2, -0.15) is 30.7 Å². The van der Waals surface area contributed by atoms with Crippen molar-refractivity contribution >= 4 is 0 Å². The first-order chi connectivity index (χ1) is 7.06. The van der Waals surface area contributed by atoms with E-state index in [9.17, 15) is 30.7 Å². The highest BCUT2D eigenvalue weighted by Gasteiger charge is 2.71. The molecule has 8 heteroatoms. The standard InChI is InChI=1S/C8H9F7O/c1-2-16-5-3-4-6(9,10)7(11,12)8(13,14)15/h3-4H,2,5H2,1H3. The lowest BCUT2D eigenvalue weighted by atomic mass is 10.1. The summed E-state index contributed by atoms with van der Waals surface area (Å²) < 4.78 is 88.8. The predicted molar refractivity (Wildman–Crippen MR) is 41.6 cm³/mol. The van der Waals surface area contributed by atoms with Crippen LogP contribution in [0, 0.1) is 0 Å². The Hall–Kier alpha value is -0.790. The molecule has 0 aromatic heterocycles. The van der Waals surface area contributed by atoms with Gasteiger partial charge in [0.25, 0.3) is 0 Å². The second kappa shape index (κ2) is 5.03. The van der Waals surface area contributed by atoms with E-state index >= 15 is 0 Å². The van der Waals surface area contributed by atoms with Crippen LogP contribution in [0.2, 0.25) is 0 Å². The molecule has 0 fully saturated rings. The average molecular weight is 254 g/mol. The first-order valence-electron chi connectivity index (χ1n) is 4.14. The molecule has 0 heterocycles. The Morgan fingerprint density at radius 1 is 1.00 bits per heavy atom. The van der Waals surface area contributed by atoms with Crippen molar-refractivity contribution in [1.82, 2.24) is 0 Å². The van der Waals surface area contributed by atoms with E-state index in [-0.39, 0.29) is 6.61 Å². The zero-order valence-electron chi connectivity index (χ0n) is 8.12. The third kappa shape index (κ3) is 3.36. The molecule has 0 amide bonds. The van der Waals surface area contributed by atoms with E-state index in [2.05, 4.69) is 4.74 Å². The van der Waals surface area contributed by atoms with Crippen molar-refractivity contribution in [2.75, 3.05) is 13.2 Å². The van der Waals surface area contributed by atoms with Crippen LogP contribution in [0.25, 0.3) is 0 Å². The van der Waals surface area contributed by atoms with E-state index in [1.807, 2.05) is 0 Å². The summed E-state index contributed by atoms with van der Waals surface area (Å²) in [6.07, 6.45) is -6.38. The Balaban J connectivity index is 4.71. The van der Waals surface area contributed by atoms with Gasteiger partial charge in [-0.05, 0) is 13.0 Å². The van der Waals surface area contributed by atoms with Crippen molar-refractivity contribution in [3.63, 3.8) is 0 Å². The predicted octanol–water partition coefficient (Wildman–Crippen LogP) is 3.41. The van der Waals surface area contributed by atoms with Gasteiger partial charge in [0.1, 0.15) is 0 Å². The molecule has 0 unspecified atom stereocenters. The summed E-state index contributed by atoms with van der Waals surface area (Å²) in [6.45, 7) is 1.18. The molecular weight excluding hydrogens is 245 g/mol. The van der Waals surface area contributed by atoms with Gasteiger partial charge in [0.05, 0.1) is 6.61 Å². The number of halogens is 7. The van der Waals surface area contributed by atoms with Gasteiger partial charge >= 0.3 is 18.0 Å². The molecular formula is C8H9F7O. The number of ether oxygens (including phenoxy) is 1. The minimum absolute atomic E-state index is 0.131. The van der Waals surface area contributed by atoms with Crippen molar-refractivity contribution in [3.8, 4) is 0 Å². The molecule has 16 heavy (non-hydrogen) atoms. The van der Waals surface area contributed by atoms with E-state index in [4.69, 9.17) is 0 Å². The van der Waals surface area contributed by atoms with Gasteiger partial charge in [-0.25, -0.2) is 0 Å². The number of rotatable bonds is 5. The maximum Gasteiger partial charge on any atom is 0.460 e. The lowest BCUT2D eigenvalue weighted by Gasteiger charge is -2.25. The third-order valence-corrected chi connectivity index (χ3v) is 1.52. The van der Waals surface area contributed by atoms with Crippen molar-refractivity contribution in [3.05, 3.63) is 12.2 Å². The normalized spacial score (nSPS) is 14.8. The van der Waals surface area contributed by atoms with E-state index < -0.39 is 30.7 Å². The summed E-state index contributed by atoms with van der Waals surface area (Å²) in [7, 11) is 0. The maximum absolute atomic E-state index is 12.5. The molecule has 0 saturated heterocycles. The second-order valence-corrected chi connectivity index (χ2v) is 2.76. The fourth-order valence-corrected chi connectivity index (χ4v) is 0.676. The van der Waals surface area contributed by atoms with E-state index in [0.29, 0.717) is 6.08 Å². The Kier molecular flexibility index (Phi) is 4.78. The summed E-state index contributed by atoms with van der Waals surface area (Å²) >= 11 is 0. The number of allylic oxidation sites excluding steroid dienone is 1. The monoisotopic (exact) mass is 254 g/mol. The molecule has 0 saturated carbocycles. The summed E-state index contributed by atoms with van der Waals surface area (Å²) in [6, 6.07) is 0. The molecule has 0 aliphatic carbocycles. The fourth-order valence-electron chi connectivity index (χ4n) is 0.676. The quantitative estimate of drug-likeness (QED) is 0.415. The van der Waals surface area contributed by atoms with Crippen LogP contribution >= 0.6 is 0 Å². The Morgan fingerprint density at radius 2 is 1.50 bits per heavy atom. The van der Waals surface area contributed by atoms with Gasteiger partial charge in [0, 0.05) is 6.61 Å². The number of alkyl halides is 7. The van der Waals surface area contributed by atoms with Gasteiger partial charge in [0.2, 0.25) is 0 Å². The molecule has 0 bridgehead atoms. The summed E-state index contributed by atoms with van der Waals surface area (Å²) in [5.74, 6) is -11.4. The topological polar surface area (TPSA) is 9.23 Å². The second-order valence-electron chi connectivity index (χ2n) is 2.76. The average Bonchev–Trinajstić information content (AvgIpc) is 2.10. The van der Waals surface area contributed by atoms with Gasteiger partial charge < -0.3 is 4.74 Å². The minimum atomic E-state index is -6.30. The molecule has 0 aliphatic heterocycles. The first-order valence-corrected chi connectivity index (χ1v) is 4.14. The summed E-state index contributed by atoms with van der Waals surface area (Å²) in [4.78, 5) is 0. The van der Waals surface area contributed by atoms with Crippen molar-refractivity contribution in [1.29, 1.82) is 0 Å². The fraction of sp³-hybridized carbons (Fsp3) is 0.750. The molecule has 0 N–H and O–H groups in total. The Morgan fingerprint density at radius 3 is 1.88 bits per heavy atom. The smallest absolute Gasteiger partial charge is 0.378 e. The van der Waals surface area contributed by atoms with E-state index in [0.717, 1.165) is 0 Å². The number of hydrogen-bond donors (Lipinski definition) is 0. The van der Waals surface area contributed by atoms with Crippen LogP contribution in [0.5, 0.6) is 0 Å². The molecule has 0 atom stereocenters. The summed E-state index contributed by atoms with van der Waals surface area (Å²) in [5, 5.41) is 0. The lowest BCUT2D eigenvalue weighted by Crippen LogP contribution is -2.50. The minimum Gasteiger partial charge on any atom is -0.378 e. The molecule has 96 valence electrons. The molecule has 0 aliphatic rings. The van der Waals surface area contributed by atoms with Gasteiger partial charge in [-0.1, -0.05) is 6.08 Å². The van der Waals surface area contributed by atoms with Crippen molar-refractivity contribution in [2.24, 2.45) is 0 Å². The highest BCUT2D eigenvalue weighted by Crippen LogP contribution is 2.46. The van der Waals surface area contributed by atoms with Crippen LogP contribution in [0.3, 0.4) is 0 Å². The van der Waals surface area contributed by atoms with E-state index in [1.54, 1.807) is 0 Å². The van der Waals surface area contributed by atoms with Crippen LogP contribution in [0.4, 0.5) is 30.7 Å². The molecule has 0 rings (SSSR count). The van der Waals surface area contributed by atoms with Crippen LogP contribution in [-0.2, 0) is 4.74 Å². The number of hydrogen-bond acceptors (Lipinski definition) is 1. The Bertz CT molecular complexity index is 243. The lowest BCUT2D eigenvalue weighted by molar-refractivity contribution is -0.341. The van der Waals surface area contributed by atoms with Crippen LogP contribution in [0.1, 0.15) is 6.92 Å². The Labute approximate surface area is 86.9 Å². The first kappa shape index (κ1) is 15.2. The molecule has 0 aromatic rings. The highest BCUT2D eigenvalue weighted by molar-refractivity contribution is 5.05. The molecule has 1 nitrogen and oxygen atoms in total. The van der Waals surface area contributed by atoms with E-state index in [1.165, 1.54) is 6.92 Å². The highest BCUT2D eigenvalue weighted by atomic mass is 19.4. The zero-order valence-corrected chi connectivity index (χ0v) is 8.12. The largest absolute Gasteiger partial charge is 0.460 e. The molecule has 0 aromatic carbocycles. The molecule has 0 spiro atoms. The van der Waals surface area contributed by atoms with Gasteiger partial charge in [-0.15, -0.1) is 0 Å². The maximum atomic E-state index is 12.5. The van der Waals surface area contributed by atoms with Crippen molar-refractivity contribution < 1.29 is 35.5 Å². The van der Waals surface area contributed by atoms with Crippen LogP contribution in [-0.4, -0.2) is 31.2 Å². The SMILES string of the molecule is CCOCC=CC(F)(F)C(F)(F)C(F)(F)F. The third-order valence-electron chi connectivity index (χ3n) is 1.52. The van der Waals surface area contributed by atoms with Crippen LogP contribution in [0.15, 0.2) is 12.2 Å². The van der Waals surface area contributed by atoms with Crippen molar-refractivity contribution in [2.45, 2.75) is 24.9 Å².